The molecule has 0 spiro atoms. The summed E-state index contributed by atoms with van der Waals surface area (Å²) in [4.78, 5) is 65.0. The second-order valence-electron chi connectivity index (χ2n) is 7.86. The molecule has 0 radical (unpaired) electrons. The molecular formula is C24H22N4O9. The van der Waals surface area contributed by atoms with Crippen LogP contribution in [0, 0.1) is 0 Å². The third kappa shape index (κ3) is 5.73. The van der Waals surface area contributed by atoms with Gasteiger partial charge >= 0.3 is 17.7 Å². The Hall–Kier alpha value is -4.78. The van der Waals surface area contributed by atoms with E-state index in [1.54, 1.807) is 30.3 Å². The number of hydrogen-bond donors (Lipinski definition) is 2. The Kier molecular flexibility index (Phi) is 7.44. The van der Waals surface area contributed by atoms with E-state index >= 15 is 0 Å². The highest BCUT2D eigenvalue weighted by Gasteiger charge is 2.42. The maximum absolute atomic E-state index is 13.3. The van der Waals surface area contributed by atoms with Gasteiger partial charge in [-0.25, -0.2) is 9.59 Å². The van der Waals surface area contributed by atoms with Crippen molar-refractivity contribution in [2.75, 3.05) is 30.5 Å². The molecule has 0 aliphatic carbocycles. The fourth-order valence-electron chi connectivity index (χ4n) is 3.71. The first-order chi connectivity index (χ1) is 17.8. The molecule has 13 nitrogen and oxygen atoms in total. The standard InChI is InChI=1S/C24H22N4O9/c1-13(29)36-18(21(30)25-16-8-6-14(7-9-16)20-26-24(33)37-27-20)19-22(31)28(10-11-35-19)17-5-3-4-15(12-17)23(32)34-2/h3-9,12,18-19H,10-11H2,1-2H3,(H,25,30)(H,26,27,33)/t18-,19-/m1/s1. The second kappa shape index (κ2) is 10.9. The van der Waals surface area contributed by atoms with Crippen molar-refractivity contribution < 1.29 is 37.9 Å². The van der Waals surface area contributed by atoms with Crippen LogP contribution in [0.1, 0.15) is 17.3 Å². The number of amides is 2. The number of aromatic amines is 1. The number of morpholine rings is 1. The molecule has 2 atom stereocenters. The Morgan fingerprint density at radius 2 is 1.92 bits per heavy atom. The fraction of sp³-hybridized carbons (Fsp3) is 0.250. The van der Waals surface area contributed by atoms with Gasteiger partial charge in [-0.2, -0.15) is 0 Å². The molecule has 37 heavy (non-hydrogen) atoms. The van der Waals surface area contributed by atoms with Crippen LogP contribution in [-0.2, 0) is 28.6 Å². The van der Waals surface area contributed by atoms with E-state index in [1.807, 2.05) is 0 Å². The zero-order chi connectivity index (χ0) is 26.5. The molecule has 2 N–H and O–H groups in total. The summed E-state index contributed by atoms with van der Waals surface area (Å²) in [6.07, 6.45) is -3.03. The van der Waals surface area contributed by atoms with Gasteiger partial charge in [-0.3, -0.25) is 23.9 Å². The van der Waals surface area contributed by atoms with Crippen molar-refractivity contribution in [1.29, 1.82) is 0 Å². The number of H-pyrrole nitrogens is 1. The molecule has 13 heteroatoms. The number of ether oxygens (including phenoxy) is 3. The first kappa shape index (κ1) is 25.3. The van der Waals surface area contributed by atoms with Crippen molar-refractivity contribution in [3.63, 3.8) is 0 Å². The molecule has 3 aromatic rings. The van der Waals surface area contributed by atoms with Crippen LogP contribution in [0.2, 0.25) is 0 Å². The van der Waals surface area contributed by atoms with Gasteiger partial charge in [0, 0.05) is 30.4 Å². The van der Waals surface area contributed by atoms with Gasteiger partial charge in [-0.1, -0.05) is 11.2 Å². The molecule has 2 amide bonds. The Labute approximate surface area is 209 Å². The van der Waals surface area contributed by atoms with E-state index < -0.39 is 41.7 Å². The molecule has 1 fully saturated rings. The van der Waals surface area contributed by atoms with E-state index in [4.69, 9.17) is 14.2 Å². The van der Waals surface area contributed by atoms with Gasteiger partial charge in [-0.05, 0) is 42.5 Å². The van der Waals surface area contributed by atoms with E-state index in [2.05, 4.69) is 20.0 Å². The SMILES string of the molecule is COC(=O)c1cccc(N2CCO[C@H]([C@@H](OC(C)=O)C(=O)Nc3ccc(-c4noc(=O)[nH]4)cc3)C2=O)c1. The average molecular weight is 510 g/mol. The Morgan fingerprint density at radius 1 is 1.16 bits per heavy atom. The molecule has 1 aliphatic heterocycles. The summed E-state index contributed by atoms with van der Waals surface area (Å²) < 4.78 is 20.0. The molecule has 0 saturated carbocycles. The summed E-state index contributed by atoms with van der Waals surface area (Å²) >= 11 is 0. The maximum atomic E-state index is 13.3. The zero-order valence-corrected chi connectivity index (χ0v) is 19.8. The summed E-state index contributed by atoms with van der Waals surface area (Å²) in [5.74, 6) is -3.27. The van der Waals surface area contributed by atoms with Crippen LogP contribution in [0.25, 0.3) is 11.4 Å². The number of benzene rings is 2. The average Bonchev–Trinajstić information content (AvgIpc) is 3.33. The van der Waals surface area contributed by atoms with E-state index in [0.29, 0.717) is 16.9 Å². The van der Waals surface area contributed by atoms with Crippen molar-refractivity contribution >= 4 is 35.1 Å². The smallest absolute Gasteiger partial charge is 0.439 e. The summed E-state index contributed by atoms with van der Waals surface area (Å²) in [7, 11) is 1.25. The van der Waals surface area contributed by atoms with Crippen molar-refractivity contribution in [1.82, 2.24) is 10.1 Å². The normalized spacial score (nSPS) is 16.1. The first-order valence-corrected chi connectivity index (χ1v) is 11.0. The minimum Gasteiger partial charge on any atom is -0.465 e. The summed E-state index contributed by atoms with van der Waals surface area (Å²) in [5.41, 5.74) is 1.48. The van der Waals surface area contributed by atoms with Crippen LogP contribution in [0.3, 0.4) is 0 Å². The number of aromatic nitrogens is 2. The lowest BCUT2D eigenvalue weighted by Gasteiger charge is -2.35. The molecule has 0 bridgehead atoms. The number of esters is 2. The largest absolute Gasteiger partial charge is 0.465 e. The van der Waals surface area contributed by atoms with Crippen molar-refractivity contribution in [2.24, 2.45) is 0 Å². The number of carbonyl (C=O) groups is 4. The van der Waals surface area contributed by atoms with Crippen LogP contribution in [0.4, 0.5) is 11.4 Å². The van der Waals surface area contributed by atoms with E-state index in [1.165, 1.54) is 30.2 Å². The van der Waals surface area contributed by atoms with Gasteiger partial charge in [0.2, 0.25) is 6.10 Å². The van der Waals surface area contributed by atoms with Gasteiger partial charge < -0.3 is 24.4 Å². The molecule has 192 valence electrons. The lowest BCUT2D eigenvalue weighted by Crippen LogP contribution is -2.56. The first-order valence-electron chi connectivity index (χ1n) is 11.0. The van der Waals surface area contributed by atoms with E-state index in [-0.39, 0.29) is 24.5 Å². The molecule has 2 heterocycles. The number of methoxy groups -OCH3 is 1. The maximum Gasteiger partial charge on any atom is 0.439 e. The highest BCUT2D eigenvalue weighted by molar-refractivity contribution is 6.05. The Bertz CT molecular complexity index is 1380. The summed E-state index contributed by atoms with van der Waals surface area (Å²) in [6, 6.07) is 12.4. The van der Waals surface area contributed by atoms with Crippen molar-refractivity contribution in [2.45, 2.75) is 19.1 Å². The monoisotopic (exact) mass is 510 g/mol. The summed E-state index contributed by atoms with van der Waals surface area (Å²) in [5, 5.41) is 6.18. The predicted octanol–water partition coefficient (Wildman–Crippen LogP) is 1.12. The molecule has 4 rings (SSSR count). The lowest BCUT2D eigenvalue weighted by atomic mass is 10.1. The number of rotatable bonds is 7. The zero-order valence-electron chi connectivity index (χ0n) is 19.8. The molecule has 0 unspecified atom stereocenters. The van der Waals surface area contributed by atoms with Crippen LogP contribution < -0.4 is 16.0 Å². The minimum atomic E-state index is -1.59. The van der Waals surface area contributed by atoms with Gasteiger partial charge in [0.1, 0.15) is 0 Å². The van der Waals surface area contributed by atoms with Gasteiger partial charge in [0.25, 0.3) is 11.8 Å². The minimum absolute atomic E-state index is 0.0501. The Balaban J connectivity index is 1.53. The Morgan fingerprint density at radius 3 is 2.57 bits per heavy atom. The molecule has 1 saturated heterocycles. The topological polar surface area (TPSA) is 170 Å². The van der Waals surface area contributed by atoms with Crippen molar-refractivity contribution in [3.8, 4) is 11.4 Å². The van der Waals surface area contributed by atoms with Crippen LogP contribution in [-0.4, -0.2) is 66.4 Å². The number of anilines is 2. The fourth-order valence-corrected chi connectivity index (χ4v) is 3.71. The third-order valence-corrected chi connectivity index (χ3v) is 5.39. The van der Waals surface area contributed by atoms with E-state index in [9.17, 15) is 24.0 Å². The predicted molar refractivity (Wildman–Crippen MR) is 127 cm³/mol. The van der Waals surface area contributed by atoms with Gasteiger partial charge in [-0.15, -0.1) is 0 Å². The quantitative estimate of drug-likeness (QED) is 0.439. The lowest BCUT2D eigenvalue weighted by molar-refractivity contribution is -0.167. The molecule has 1 aliphatic rings. The third-order valence-electron chi connectivity index (χ3n) is 5.39. The van der Waals surface area contributed by atoms with E-state index in [0.717, 1.165) is 6.92 Å². The second-order valence-corrected chi connectivity index (χ2v) is 7.86. The van der Waals surface area contributed by atoms with Crippen LogP contribution in [0.5, 0.6) is 0 Å². The van der Waals surface area contributed by atoms with Crippen LogP contribution >= 0.6 is 0 Å². The number of nitrogens with one attached hydrogen (secondary N) is 2. The number of nitrogens with zero attached hydrogens (tertiary/aromatic N) is 2. The van der Waals surface area contributed by atoms with Gasteiger partial charge in [0.15, 0.2) is 11.9 Å². The number of hydrogen-bond acceptors (Lipinski definition) is 10. The van der Waals surface area contributed by atoms with Crippen LogP contribution in [0.15, 0.2) is 57.8 Å². The highest BCUT2D eigenvalue weighted by atomic mass is 16.6. The van der Waals surface area contributed by atoms with Gasteiger partial charge in [0.05, 0.1) is 19.3 Å². The highest BCUT2D eigenvalue weighted by Crippen LogP contribution is 2.24. The molecular weight excluding hydrogens is 488 g/mol. The van der Waals surface area contributed by atoms with Crippen molar-refractivity contribution in [3.05, 3.63) is 64.6 Å². The molecule has 1 aromatic heterocycles. The summed E-state index contributed by atoms with van der Waals surface area (Å²) in [6.45, 7) is 1.31. The molecule has 2 aromatic carbocycles. The number of carbonyl (C=O) groups excluding carboxylic acids is 4.